The number of hydrogen-bond acceptors (Lipinski definition) is 4. The average molecular weight is 326 g/mol. The van der Waals surface area contributed by atoms with Crippen molar-refractivity contribution in [3.63, 3.8) is 0 Å². The molecular formula is C19H22N2O3. The molecule has 2 aromatic rings. The van der Waals surface area contributed by atoms with Crippen LogP contribution in [0.4, 0.5) is 0 Å². The van der Waals surface area contributed by atoms with Gasteiger partial charge in [-0.05, 0) is 44.0 Å². The number of aryl methyl sites for hydroxylation is 1. The van der Waals surface area contributed by atoms with Gasteiger partial charge in [0.05, 0.1) is 6.21 Å². The number of ether oxygens (including phenoxy) is 1. The molecule has 2 rings (SSSR count). The molecule has 0 atom stereocenters. The van der Waals surface area contributed by atoms with Crippen molar-refractivity contribution >= 4 is 12.1 Å². The third-order valence-electron chi connectivity index (χ3n) is 3.49. The van der Waals surface area contributed by atoms with Crippen LogP contribution < -0.4 is 10.2 Å². The van der Waals surface area contributed by atoms with Crippen LogP contribution in [0.3, 0.4) is 0 Å². The van der Waals surface area contributed by atoms with Crippen LogP contribution in [0.2, 0.25) is 0 Å². The predicted octanol–water partition coefficient (Wildman–Crippen LogP) is 2.80. The Balaban J connectivity index is 2.05. The Morgan fingerprint density at radius 3 is 2.58 bits per heavy atom. The maximum atomic E-state index is 11.6. The van der Waals surface area contributed by atoms with Gasteiger partial charge in [-0.15, -0.1) is 0 Å². The normalized spacial score (nSPS) is 11.5. The molecule has 1 amide bonds. The summed E-state index contributed by atoms with van der Waals surface area (Å²) in [6.45, 7) is 5.29. The van der Waals surface area contributed by atoms with Crippen molar-refractivity contribution in [1.29, 1.82) is 0 Å². The molecule has 126 valence electrons. The van der Waals surface area contributed by atoms with Crippen LogP contribution in [0.25, 0.3) is 0 Å². The minimum atomic E-state index is -1.47. The first-order valence-electron chi connectivity index (χ1n) is 7.70. The largest absolute Gasteiger partial charge is 0.488 e. The highest BCUT2D eigenvalue weighted by Gasteiger charge is 2.22. The Morgan fingerprint density at radius 2 is 1.88 bits per heavy atom. The standard InChI is InChI=1S/C19H22N2O3/c1-14-8-4-5-10-16(14)13-24-17-11-7-6-9-15(17)12-20-21-18(22)19(2,3)23/h4-12,23H,13H2,1-3H3,(H,21,22)/b20-12-. The number of nitrogens with one attached hydrogen (secondary N) is 1. The van der Waals surface area contributed by atoms with E-state index >= 15 is 0 Å². The second-order valence-corrected chi connectivity index (χ2v) is 6.01. The van der Waals surface area contributed by atoms with Crippen molar-refractivity contribution in [2.24, 2.45) is 5.10 Å². The van der Waals surface area contributed by atoms with E-state index in [0.717, 1.165) is 11.1 Å². The van der Waals surface area contributed by atoms with Gasteiger partial charge < -0.3 is 9.84 Å². The van der Waals surface area contributed by atoms with Gasteiger partial charge >= 0.3 is 0 Å². The number of benzene rings is 2. The van der Waals surface area contributed by atoms with E-state index in [-0.39, 0.29) is 0 Å². The minimum absolute atomic E-state index is 0.452. The van der Waals surface area contributed by atoms with Crippen LogP contribution in [-0.4, -0.2) is 22.8 Å². The molecule has 0 aliphatic heterocycles. The van der Waals surface area contributed by atoms with E-state index in [2.05, 4.69) is 10.5 Å². The summed E-state index contributed by atoms with van der Waals surface area (Å²) < 4.78 is 5.88. The number of hydrazone groups is 1. The zero-order valence-electron chi connectivity index (χ0n) is 14.1. The monoisotopic (exact) mass is 326 g/mol. The third kappa shape index (κ3) is 4.93. The van der Waals surface area contributed by atoms with E-state index in [4.69, 9.17) is 4.74 Å². The highest BCUT2D eigenvalue weighted by molar-refractivity contribution is 5.87. The lowest BCUT2D eigenvalue weighted by molar-refractivity contribution is -0.136. The van der Waals surface area contributed by atoms with Gasteiger partial charge in [-0.25, -0.2) is 5.43 Å². The molecule has 0 bridgehead atoms. The molecule has 24 heavy (non-hydrogen) atoms. The lowest BCUT2D eigenvalue weighted by atomic mass is 10.1. The SMILES string of the molecule is Cc1ccccc1COc1ccccc1/C=N\NC(=O)C(C)(C)O. The number of carbonyl (C=O) groups is 1. The second-order valence-electron chi connectivity index (χ2n) is 6.01. The maximum Gasteiger partial charge on any atom is 0.271 e. The van der Waals surface area contributed by atoms with Gasteiger partial charge in [0, 0.05) is 5.56 Å². The molecule has 0 saturated heterocycles. The number of rotatable bonds is 6. The second kappa shape index (κ2) is 7.75. The topological polar surface area (TPSA) is 70.9 Å². The summed E-state index contributed by atoms with van der Waals surface area (Å²) in [5.41, 5.74) is 3.85. The van der Waals surface area contributed by atoms with Gasteiger partial charge in [0.25, 0.3) is 5.91 Å². The zero-order chi connectivity index (χ0) is 17.6. The Morgan fingerprint density at radius 1 is 1.21 bits per heavy atom. The molecule has 0 saturated carbocycles. The molecule has 0 fully saturated rings. The summed E-state index contributed by atoms with van der Waals surface area (Å²) in [5.74, 6) is 0.0964. The smallest absolute Gasteiger partial charge is 0.271 e. The molecule has 5 heteroatoms. The predicted molar refractivity (Wildman–Crippen MR) is 94.0 cm³/mol. The number of carbonyl (C=O) groups excluding carboxylic acids is 1. The molecule has 2 N–H and O–H groups in total. The Kier molecular flexibility index (Phi) is 5.71. The summed E-state index contributed by atoms with van der Waals surface area (Å²) >= 11 is 0. The van der Waals surface area contributed by atoms with Crippen LogP contribution in [-0.2, 0) is 11.4 Å². The van der Waals surface area contributed by atoms with Crippen molar-refractivity contribution in [3.05, 3.63) is 65.2 Å². The number of para-hydroxylation sites is 1. The first-order valence-corrected chi connectivity index (χ1v) is 7.70. The van der Waals surface area contributed by atoms with Crippen LogP contribution >= 0.6 is 0 Å². The number of hydrogen-bond donors (Lipinski definition) is 2. The first kappa shape index (κ1) is 17.7. The van der Waals surface area contributed by atoms with Crippen LogP contribution in [0.5, 0.6) is 5.75 Å². The van der Waals surface area contributed by atoms with Gasteiger partial charge in [-0.3, -0.25) is 4.79 Å². The molecule has 0 unspecified atom stereocenters. The van der Waals surface area contributed by atoms with E-state index < -0.39 is 11.5 Å². The molecule has 2 aromatic carbocycles. The average Bonchev–Trinajstić information content (AvgIpc) is 2.54. The van der Waals surface area contributed by atoms with Crippen molar-refractivity contribution in [3.8, 4) is 5.75 Å². The van der Waals surface area contributed by atoms with E-state index in [9.17, 15) is 9.90 Å². The number of aliphatic hydroxyl groups is 1. The molecule has 0 radical (unpaired) electrons. The fraction of sp³-hybridized carbons (Fsp3) is 0.263. The highest BCUT2D eigenvalue weighted by Crippen LogP contribution is 2.18. The van der Waals surface area contributed by atoms with Gasteiger partial charge in [0.1, 0.15) is 18.0 Å². The van der Waals surface area contributed by atoms with Gasteiger partial charge in [-0.2, -0.15) is 5.10 Å². The summed E-state index contributed by atoms with van der Waals surface area (Å²) in [6.07, 6.45) is 1.50. The van der Waals surface area contributed by atoms with E-state index in [1.807, 2.05) is 55.5 Å². The minimum Gasteiger partial charge on any atom is -0.488 e. The van der Waals surface area contributed by atoms with E-state index in [0.29, 0.717) is 12.4 Å². The van der Waals surface area contributed by atoms with Crippen molar-refractivity contribution in [2.75, 3.05) is 0 Å². The van der Waals surface area contributed by atoms with Gasteiger partial charge in [-0.1, -0.05) is 36.4 Å². The molecule has 0 aliphatic rings. The number of amides is 1. The molecule has 0 aliphatic carbocycles. The molecular weight excluding hydrogens is 304 g/mol. The lowest BCUT2D eigenvalue weighted by Gasteiger charge is -2.14. The zero-order valence-corrected chi connectivity index (χ0v) is 14.1. The van der Waals surface area contributed by atoms with Crippen molar-refractivity contribution in [2.45, 2.75) is 33.0 Å². The molecule has 5 nitrogen and oxygen atoms in total. The van der Waals surface area contributed by atoms with Crippen molar-refractivity contribution < 1.29 is 14.6 Å². The summed E-state index contributed by atoms with van der Waals surface area (Å²) in [7, 11) is 0. The molecule has 0 aromatic heterocycles. The first-order chi connectivity index (χ1) is 11.4. The van der Waals surface area contributed by atoms with E-state index in [1.54, 1.807) is 0 Å². The van der Waals surface area contributed by atoms with Crippen molar-refractivity contribution in [1.82, 2.24) is 5.43 Å². The Labute approximate surface area is 142 Å². The van der Waals surface area contributed by atoms with Crippen LogP contribution in [0.1, 0.15) is 30.5 Å². The van der Waals surface area contributed by atoms with Crippen LogP contribution in [0, 0.1) is 6.92 Å². The summed E-state index contributed by atoms with van der Waals surface area (Å²) in [6, 6.07) is 15.5. The Hall–Kier alpha value is -2.66. The van der Waals surface area contributed by atoms with Gasteiger partial charge in [0.15, 0.2) is 0 Å². The summed E-state index contributed by atoms with van der Waals surface area (Å²) in [4.78, 5) is 11.6. The summed E-state index contributed by atoms with van der Waals surface area (Å²) in [5, 5.41) is 13.4. The fourth-order valence-electron chi connectivity index (χ4n) is 1.94. The molecule has 0 heterocycles. The lowest BCUT2D eigenvalue weighted by Crippen LogP contribution is -2.39. The third-order valence-corrected chi connectivity index (χ3v) is 3.49. The fourth-order valence-corrected chi connectivity index (χ4v) is 1.94. The van der Waals surface area contributed by atoms with Crippen LogP contribution in [0.15, 0.2) is 53.6 Å². The molecule has 0 spiro atoms. The highest BCUT2D eigenvalue weighted by atomic mass is 16.5. The Bertz CT molecular complexity index is 733. The van der Waals surface area contributed by atoms with Gasteiger partial charge in [0.2, 0.25) is 0 Å². The number of nitrogens with zero attached hydrogens (tertiary/aromatic N) is 1. The quantitative estimate of drug-likeness (QED) is 0.633. The maximum absolute atomic E-state index is 11.6. The van der Waals surface area contributed by atoms with E-state index in [1.165, 1.54) is 25.6 Å².